The number of sulfonamides is 1. The number of ether oxygens (including phenoxy) is 1. The van der Waals surface area contributed by atoms with Gasteiger partial charge in [-0.1, -0.05) is 0 Å². The molecule has 2 aromatic rings. The number of hydrogen-bond donors (Lipinski definition) is 1. The van der Waals surface area contributed by atoms with Crippen LogP contribution in [0, 0.1) is 10.1 Å². The van der Waals surface area contributed by atoms with Gasteiger partial charge in [0.25, 0.3) is 5.69 Å². The van der Waals surface area contributed by atoms with Crippen LogP contribution in [-0.2, 0) is 21.4 Å². The highest BCUT2D eigenvalue weighted by Crippen LogP contribution is 2.33. The molecule has 9 nitrogen and oxygen atoms in total. The summed E-state index contributed by atoms with van der Waals surface area (Å²) in [6, 6.07) is 7.69. The third kappa shape index (κ3) is 4.41. The van der Waals surface area contributed by atoms with Crippen molar-refractivity contribution in [2.24, 2.45) is 0 Å². The Labute approximate surface area is 157 Å². The van der Waals surface area contributed by atoms with Crippen molar-refractivity contribution >= 4 is 21.4 Å². The first-order valence-electron chi connectivity index (χ1n) is 8.38. The minimum absolute atomic E-state index is 0.0570. The van der Waals surface area contributed by atoms with Crippen molar-refractivity contribution < 1.29 is 18.1 Å². The molecule has 1 atom stereocenters. The fourth-order valence-corrected chi connectivity index (χ4v) is 3.73. The first-order valence-corrected chi connectivity index (χ1v) is 9.86. The fourth-order valence-electron chi connectivity index (χ4n) is 2.98. The smallest absolute Gasteiger partial charge is 0.293 e. The van der Waals surface area contributed by atoms with E-state index < -0.39 is 14.9 Å². The molecule has 27 heavy (non-hydrogen) atoms. The molecule has 1 aliphatic rings. The monoisotopic (exact) mass is 392 g/mol. The van der Waals surface area contributed by atoms with Gasteiger partial charge in [0.2, 0.25) is 10.0 Å². The van der Waals surface area contributed by atoms with Gasteiger partial charge >= 0.3 is 0 Å². The molecule has 1 aromatic heterocycles. The molecule has 0 unspecified atom stereocenters. The lowest BCUT2D eigenvalue weighted by molar-refractivity contribution is -0.384. The van der Waals surface area contributed by atoms with Gasteiger partial charge in [0.1, 0.15) is 5.69 Å². The molecule has 0 saturated carbocycles. The highest BCUT2D eigenvalue weighted by Gasteiger charge is 2.29. The van der Waals surface area contributed by atoms with Crippen LogP contribution in [0.1, 0.15) is 12.0 Å². The predicted octanol–water partition coefficient (Wildman–Crippen LogP) is 1.69. The summed E-state index contributed by atoms with van der Waals surface area (Å²) in [4.78, 5) is 16.6. The maximum Gasteiger partial charge on any atom is 0.293 e. The second-order valence-electron chi connectivity index (χ2n) is 6.14. The zero-order chi connectivity index (χ0) is 19.4. The van der Waals surface area contributed by atoms with Crippen LogP contribution in [0.3, 0.4) is 0 Å². The van der Waals surface area contributed by atoms with E-state index in [-0.39, 0.29) is 16.7 Å². The Balaban J connectivity index is 1.74. The number of pyridine rings is 1. The Hall–Kier alpha value is -2.56. The van der Waals surface area contributed by atoms with Crippen molar-refractivity contribution in [1.82, 2.24) is 9.71 Å². The quantitative estimate of drug-likeness (QED) is 0.563. The van der Waals surface area contributed by atoms with Gasteiger partial charge in [0.05, 0.1) is 22.5 Å². The van der Waals surface area contributed by atoms with Crippen molar-refractivity contribution in [3.63, 3.8) is 0 Å². The molecule has 1 N–H and O–H groups in total. The van der Waals surface area contributed by atoms with Crippen molar-refractivity contribution in [2.75, 3.05) is 25.0 Å². The fraction of sp³-hybridized carbons (Fsp3) is 0.353. The molecular formula is C17H20N4O5S. The molecule has 1 aliphatic heterocycles. The van der Waals surface area contributed by atoms with Crippen LogP contribution in [-0.4, -0.2) is 44.6 Å². The SMILES string of the molecule is CNS(=O)(=O)c1ccc(N2CC[C@H](OCc3ccncc3)C2)c([N+](=O)[O-])c1. The molecule has 0 amide bonds. The second kappa shape index (κ2) is 7.99. The van der Waals surface area contributed by atoms with E-state index in [2.05, 4.69) is 9.71 Å². The number of nitrogens with one attached hydrogen (secondary N) is 1. The lowest BCUT2D eigenvalue weighted by atomic mass is 10.2. The third-order valence-electron chi connectivity index (χ3n) is 4.44. The summed E-state index contributed by atoms with van der Waals surface area (Å²) in [7, 11) is -2.48. The molecule has 0 aliphatic carbocycles. The minimum atomic E-state index is -3.75. The number of aromatic nitrogens is 1. The third-order valence-corrected chi connectivity index (χ3v) is 5.86. The number of nitro benzene ring substituents is 1. The van der Waals surface area contributed by atoms with Gasteiger partial charge in [-0.05, 0) is 43.3 Å². The van der Waals surface area contributed by atoms with Crippen LogP contribution < -0.4 is 9.62 Å². The van der Waals surface area contributed by atoms with Gasteiger partial charge in [-0.3, -0.25) is 15.1 Å². The average Bonchev–Trinajstić information content (AvgIpc) is 3.15. The van der Waals surface area contributed by atoms with E-state index in [1.807, 2.05) is 17.0 Å². The molecule has 10 heteroatoms. The minimum Gasteiger partial charge on any atom is -0.372 e. The molecule has 3 rings (SSSR count). The second-order valence-corrected chi connectivity index (χ2v) is 8.02. The van der Waals surface area contributed by atoms with Crippen molar-refractivity contribution in [1.29, 1.82) is 0 Å². The van der Waals surface area contributed by atoms with Crippen LogP contribution in [0.5, 0.6) is 0 Å². The van der Waals surface area contributed by atoms with E-state index in [1.54, 1.807) is 12.4 Å². The topological polar surface area (TPSA) is 115 Å². The highest BCUT2D eigenvalue weighted by atomic mass is 32.2. The van der Waals surface area contributed by atoms with Crippen LogP contribution in [0.4, 0.5) is 11.4 Å². The number of rotatable bonds is 7. The van der Waals surface area contributed by atoms with E-state index in [4.69, 9.17) is 4.74 Å². The van der Waals surface area contributed by atoms with Gasteiger partial charge in [-0.25, -0.2) is 13.1 Å². The zero-order valence-electron chi connectivity index (χ0n) is 14.7. The van der Waals surface area contributed by atoms with Gasteiger partial charge in [-0.15, -0.1) is 0 Å². The van der Waals surface area contributed by atoms with Crippen molar-refractivity contribution in [3.05, 3.63) is 58.4 Å². The number of nitro groups is 1. The lowest BCUT2D eigenvalue weighted by Crippen LogP contribution is -2.24. The number of nitrogens with zero attached hydrogens (tertiary/aromatic N) is 3. The largest absolute Gasteiger partial charge is 0.372 e. The Kier molecular flexibility index (Phi) is 5.68. The van der Waals surface area contributed by atoms with E-state index >= 15 is 0 Å². The Morgan fingerprint density at radius 3 is 2.74 bits per heavy atom. The molecule has 2 heterocycles. The molecule has 144 valence electrons. The summed E-state index contributed by atoms with van der Waals surface area (Å²) in [5.74, 6) is 0. The summed E-state index contributed by atoms with van der Waals surface area (Å²) in [5, 5.41) is 11.5. The summed E-state index contributed by atoms with van der Waals surface area (Å²) in [6.07, 6.45) is 4.07. The van der Waals surface area contributed by atoms with Crippen LogP contribution >= 0.6 is 0 Å². The average molecular weight is 392 g/mol. The highest BCUT2D eigenvalue weighted by molar-refractivity contribution is 7.89. The first kappa shape index (κ1) is 19.2. The molecule has 1 saturated heterocycles. The maximum atomic E-state index is 11.9. The Morgan fingerprint density at radius 2 is 2.07 bits per heavy atom. The summed E-state index contributed by atoms with van der Waals surface area (Å²) >= 11 is 0. The molecular weight excluding hydrogens is 372 g/mol. The van der Waals surface area contributed by atoms with Gasteiger partial charge in [-0.2, -0.15) is 0 Å². The Morgan fingerprint density at radius 1 is 1.33 bits per heavy atom. The van der Waals surface area contributed by atoms with E-state index in [9.17, 15) is 18.5 Å². The molecule has 0 spiro atoms. The maximum absolute atomic E-state index is 11.9. The lowest BCUT2D eigenvalue weighted by Gasteiger charge is -2.19. The molecule has 0 radical (unpaired) electrons. The van der Waals surface area contributed by atoms with E-state index in [0.29, 0.717) is 25.4 Å². The standard InChI is InChI=1S/C17H20N4O5S/c1-18-27(24,25)15-2-3-16(17(10-15)21(22)23)20-9-6-14(11-20)26-12-13-4-7-19-8-5-13/h2-5,7-8,10,14,18H,6,9,11-12H2,1H3/t14-/m0/s1. The predicted molar refractivity (Wildman–Crippen MR) is 99.0 cm³/mol. The Bertz CT molecular complexity index is 920. The van der Waals surface area contributed by atoms with Crippen LogP contribution in [0.25, 0.3) is 0 Å². The molecule has 1 aromatic carbocycles. The van der Waals surface area contributed by atoms with Gasteiger partial charge in [0.15, 0.2) is 0 Å². The normalized spacial score (nSPS) is 17.2. The number of anilines is 1. The van der Waals surface area contributed by atoms with Gasteiger partial charge < -0.3 is 9.64 Å². The summed E-state index contributed by atoms with van der Waals surface area (Å²) in [6.45, 7) is 1.55. The van der Waals surface area contributed by atoms with Crippen LogP contribution in [0.2, 0.25) is 0 Å². The first-order chi connectivity index (χ1) is 12.9. The zero-order valence-corrected chi connectivity index (χ0v) is 15.6. The van der Waals surface area contributed by atoms with Crippen molar-refractivity contribution in [2.45, 2.75) is 24.0 Å². The number of benzene rings is 1. The van der Waals surface area contributed by atoms with E-state index in [0.717, 1.165) is 18.1 Å². The van der Waals surface area contributed by atoms with Gasteiger partial charge in [0, 0.05) is 31.5 Å². The number of hydrogen-bond acceptors (Lipinski definition) is 7. The van der Waals surface area contributed by atoms with E-state index in [1.165, 1.54) is 19.2 Å². The molecule has 0 bridgehead atoms. The molecule has 1 fully saturated rings. The summed E-state index contributed by atoms with van der Waals surface area (Å²) in [5.41, 5.74) is 1.17. The summed E-state index contributed by atoms with van der Waals surface area (Å²) < 4.78 is 31.9. The van der Waals surface area contributed by atoms with Crippen molar-refractivity contribution in [3.8, 4) is 0 Å². The van der Waals surface area contributed by atoms with Crippen LogP contribution in [0.15, 0.2) is 47.6 Å².